The molecule has 0 spiro atoms. The van der Waals surface area contributed by atoms with Crippen molar-refractivity contribution < 1.29 is 19.4 Å². The summed E-state index contributed by atoms with van der Waals surface area (Å²) in [5.74, 6) is -0.374. The maximum Gasteiger partial charge on any atom is 0.407 e. The maximum absolute atomic E-state index is 12.4. The Morgan fingerprint density at radius 3 is 2.33 bits per heavy atom. The SMILES string of the molecule is Cc1nccn1CCC(NC(=O)OCC1c2ccccc2-c2ccccc21)C(=O)O. The zero-order valence-electron chi connectivity index (χ0n) is 16.6. The monoisotopic (exact) mass is 405 g/mol. The van der Waals surface area contributed by atoms with Gasteiger partial charge < -0.3 is 19.7 Å². The summed E-state index contributed by atoms with van der Waals surface area (Å²) in [5.41, 5.74) is 4.50. The van der Waals surface area contributed by atoms with Gasteiger partial charge in [0.1, 0.15) is 18.5 Å². The van der Waals surface area contributed by atoms with Gasteiger partial charge in [0.05, 0.1) is 0 Å². The van der Waals surface area contributed by atoms with Crippen molar-refractivity contribution in [2.45, 2.75) is 31.8 Å². The van der Waals surface area contributed by atoms with Crippen molar-refractivity contribution in [3.05, 3.63) is 77.9 Å². The van der Waals surface area contributed by atoms with E-state index in [9.17, 15) is 14.7 Å². The first kappa shape index (κ1) is 19.7. The summed E-state index contributed by atoms with van der Waals surface area (Å²) < 4.78 is 7.29. The van der Waals surface area contributed by atoms with Gasteiger partial charge in [-0.1, -0.05) is 48.5 Å². The smallest absolute Gasteiger partial charge is 0.407 e. The molecule has 30 heavy (non-hydrogen) atoms. The number of carboxylic acid groups (broad SMARTS) is 1. The number of alkyl carbamates (subject to hydrolysis) is 1. The minimum atomic E-state index is -1.10. The van der Waals surface area contributed by atoms with Crippen LogP contribution < -0.4 is 5.32 Å². The van der Waals surface area contributed by atoms with Gasteiger partial charge in [0.15, 0.2) is 0 Å². The third kappa shape index (κ3) is 3.91. The molecule has 0 saturated heterocycles. The minimum absolute atomic E-state index is 0.0694. The van der Waals surface area contributed by atoms with Crippen LogP contribution in [0.25, 0.3) is 11.1 Å². The number of aromatic nitrogens is 2. The van der Waals surface area contributed by atoms with E-state index in [-0.39, 0.29) is 18.9 Å². The lowest BCUT2D eigenvalue weighted by molar-refractivity contribution is -0.139. The molecule has 1 aliphatic carbocycles. The summed E-state index contributed by atoms with van der Waals surface area (Å²) in [5, 5.41) is 11.9. The number of carbonyl (C=O) groups excluding carboxylic acids is 1. The van der Waals surface area contributed by atoms with Gasteiger partial charge in [-0.05, 0) is 35.6 Å². The molecule has 1 amide bonds. The van der Waals surface area contributed by atoms with Crippen molar-refractivity contribution >= 4 is 12.1 Å². The first-order valence-electron chi connectivity index (χ1n) is 9.86. The molecule has 0 bridgehead atoms. The van der Waals surface area contributed by atoms with Gasteiger partial charge in [0.25, 0.3) is 0 Å². The predicted octanol–water partition coefficient (Wildman–Crippen LogP) is 3.57. The molecular weight excluding hydrogens is 382 g/mol. The molecule has 4 rings (SSSR count). The van der Waals surface area contributed by atoms with Crippen LogP contribution in [-0.4, -0.2) is 39.4 Å². The van der Waals surface area contributed by atoms with E-state index < -0.39 is 18.1 Å². The highest BCUT2D eigenvalue weighted by Crippen LogP contribution is 2.44. The molecule has 2 N–H and O–H groups in total. The molecule has 7 nitrogen and oxygen atoms in total. The number of nitrogens with one attached hydrogen (secondary N) is 1. The van der Waals surface area contributed by atoms with Crippen molar-refractivity contribution in [2.24, 2.45) is 0 Å². The lowest BCUT2D eigenvalue weighted by atomic mass is 9.98. The molecule has 1 atom stereocenters. The number of hydrogen-bond donors (Lipinski definition) is 2. The van der Waals surface area contributed by atoms with E-state index in [2.05, 4.69) is 22.4 Å². The van der Waals surface area contributed by atoms with Crippen LogP contribution in [0.1, 0.15) is 29.3 Å². The van der Waals surface area contributed by atoms with Gasteiger partial charge >= 0.3 is 12.1 Å². The van der Waals surface area contributed by atoms with E-state index in [1.807, 2.05) is 47.9 Å². The topological polar surface area (TPSA) is 93.5 Å². The van der Waals surface area contributed by atoms with Crippen LogP contribution in [0.15, 0.2) is 60.9 Å². The molecule has 0 saturated carbocycles. The van der Waals surface area contributed by atoms with Gasteiger partial charge in [0, 0.05) is 24.9 Å². The van der Waals surface area contributed by atoms with Crippen LogP contribution >= 0.6 is 0 Å². The first-order chi connectivity index (χ1) is 14.5. The van der Waals surface area contributed by atoms with Crippen LogP contribution in [0, 0.1) is 6.92 Å². The standard InChI is InChI=1S/C23H23N3O4/c1-15-24-11-13-26(15)12-10-21(22(27)28)25-23(29)30-14-20-18-8-4-2-6-16(18)17-7-3-5-9-19(17)20/h2-9,11,13,20-21H,10,12,14H2,1H3,(H,25,29)(H,27,28). The lowest BCUT2D eigenvalue weighted by Gasteiger charge is -2.18. The van der Waals surface area contributed by atoms with Crippen molar-refractivity contribution in [3.8, 4) is 11.1 Å². The fourth-order valence-electron chi connectivity index (χ4n) is 3.95. The number of carboxylic acids is 1. The quantitative estimate of drug-likeness (QED) is 0.627. The highest BCUT2D eigenvalue weighted by molar-refractivity contribution is 5.81. The summed E-state index contributed by atoms with van der Waals surface area (Å²) in [6.45, 7) is 2.42. The number of aryl methyl sites for hydroxylation is 2. The van der Waals surface area contributed by atoms with Crippen molar-refractivity contribution in [2.75, 3.05) is 6.61 Å². The zero-order valence-corrected chi connectivity index (χ0v) is 16.6. The molecule has 3 aromatic rings. The van der Waals surface area contributed by atoms with Crippen molar-refractivity contribution in [3.63, 3.8) is 0 Å². The Morgan fingerprint density at radius 2 is 1.77 bits per heavy atom. The van der Waals surface area contributed by atoms with E-state index >= 15 is 0 Å². The van der Waals surface area contributed by atoms with E-state index in [0.717, 1.165) is 28.1 Å². The average Bonchev–Trinajstić information content (AvgIpc) is 3.30. The predicted molar refractivity (Wildman–Crippen MR) is 111 cm³/mol. The third-order valence-electron chi connectivity index (χ3n) is 5.52. The molecule has 0 aliphatic heterocycles. The molecule has 1 unspecified atom stereocenters. The minimum Gasteiger partial charge on any atom is -0.480 e. The molecule has 0 fully saturated rings. The van der Waals surface area contributed by atoms with E-state index in [0.29, 0.717) is 6.54 Å². The van der Waals surface area contributed by atoms with Crippen LogP contribution in [0.5, 0.6) is 0 Å². The average molecular weight is 405 g/mol. The van der Waals surface area contributed by atoms with Gasteiger partial charge in [0.2, 0.25) is 0 Å². The lowest BCUT2D eigenvalue weighted by Crippen LogP contribution is -2.42. The maximum atomic E-state index is 12.4. The number of ether oxygens (including phenoxy) is 1. The number of hydrogen-bond acceptors (Lipinski definition) is 4. The Balaban J connectivity index is 1.39. The van der Waals surface area contributed by atoms with Gasteiger partial charge in [-0.15, -0.1) is 0 Å². The number of rotatable bonds is 7. The fraction of sp³-hybridized carbons (Fsp3) is 0.261. The van der Waals surface area contributed by atoms with Crippen LogP contribution in [-0.2, 0) is 16.1 Å². The van der Waals surface area contributed by atoms with Crippen molar-refractivity contribution in [1.29, 1.82) is 0 Å². The van der Waals surface area contributed by atoms with Gasteiger partial charge in [-0.25, -0.2) is 14.6 Å². The highest BCUT2D eigenvalue weighted by atomic mass is 16.5. The van der Waals surface area contributed by atoms with E-state index in [1.54, 1.807) is 12.4 Å². The molecule has 1 heterocycles. The number of imidazole rings is 1. The molecule has 7 heteroatoms. The number of amides is 1. The Bertz CT molecular complexity index is 1030. The second kappa shape index (κ2) is 8.41. The highest BCUT2D eigenvalue weighted by Gasteiger charge is 2.29. The van der Waals surface area contributed by atoms with Gasteiger partial charge in [-0.2, -0.15) is 0 Å². The second-order valence-electron chi connectivity index (χ2n) is 7.32. The molecule has 154 valence electrons. The van der Waals surface area contributed by atoms with Crippen molar-refractivity contribution in [1.82, 2.24) is 14.9 Å². The second-order valence-corrected chi connectivity index (χ2v) is 7.32. The Labute approximate surface area is 174 Å². The molecule has 1 aromatic heterocycles. The van der Waals surface area contributed by atoms with Crippen LogP contribution in [0.2, 0.25) is 0 Å². The number of benzene rings is 2. The third-order valence-corrected chi connectivity index (χ3v) is 5.52. The molecule has 0 radical (unpaired) electrons. The Morgan fingerprint density at radius 1 is 1.13 bits per heavy atom. The summed E-state index contributed by atoms with van der Waals surface area (Å²) in [4.78, 5) is 28.0. The van der Waals surface area contributed by atoms with Crippen LogP contribution in [0.3, 0.4) is 0 Å². The zero-order chi connectivity index (χ0) is 21.1. The Hall–Kier alpha value is -3.61. The summed E-state index contributed by atoms with van der Waals surface area (Å²) >= 11 is 0. The normalized spacial score (nSPS) is 13.4. The number of nitrogens with zero attached hydrogens (tertiary/aromatic N) is 2. The molecule has 2 aromatic carbocycles. The number of aliphatic carboxylic acids is 1. The van der Waals surface area contributed by atoms with Crippen LogP contribution in [0.4, 0.5) is 4.79 Å². The molecule has 1 aliphatic rings. The summed E-state index contributed by atoms with van der Waals surface area (Å²) in [7, 11) is 0. The largest absolute Gasteiger partial charge is 0.480 e. The Kier molecular flexibility index (Phi) is 5.52. The first-order valence-corrected chi connectivity index (χ1v) is 9.86. The van der Waals surface area contributed by atoms with E-state index in [1.165, 1.54) is 0 Å². The number of fused-ring (bicyclic) bond motifs is 3. The molecular formula is C23H23N3O4. The summed E-state index contributed by atoms with van der Waals surface area (Å²) in [6, 6.07) is 15.1. The fourth-order valence-corrected chi connectivity index (χ4v) is 3.95. The van der Waals surface area contributed by atoms with Gasteiger partial charge in [-0.3, -0.25) is 0 Å². The van der Waals surface area contributed by atoms with E-state index in [4.69, 9.17) is 4.74 Å². The number of carbonyl (C=O) groups is 2. The summed E-state index contributed by atoms with van der Waals surface area (Å²) in [6.07, 6.45) is 2.94.